The average Bonchev–Trinajstić information content (AvgIpc) is 2.67. The van der Waals surface area contributed by atoms with E-state index in [0.29, 0.717) is 13.0 Å². The molecule has 2 aromatic carbocycles. The molecule has 0 radical (unpaired) electrons. The summed E-state index contributed by atoms with van der Waals surface area (Å²) in [5, 5.41) is 9.36. The molecule has 2 aromatic rings. The van der Waals surface area contributed by atoms with Crippen LogP contribution in [0.1, 0.15) is 12.8 Å². The molecule has 1 aliphatic rings. The van der Waals surface area contributed by atoms with Crippen molar-refractivity contribution in [2.24, 2.45) is 0 Å². The highest BCUT2D eigenvalue weighted by Gasteiger charge is 2.20. The summed E-state index contributed by atoms with van der Waals surface area (Å²) >= 11 is 0. The molecule has 1 aliphatic heterocycles. The molecule has 3 rings (SSSR count). The normalized spacial score (nSPS) is 14.4. The lowest BCUT2D eigenvalue weighted by atomic mass is 10.2. The third-order valence-electron chi connectivity index (χ3n) is 4.39. The van der Waals surface area contributed by atoms with Crippen molar-refractivity contribution in [3.05, 3.63) is 54.6 Å². The van der Waals surface area contributed by atoms with Gasteiger partial charge < -0.3 is 19.6 Å². The summed E-state index contributed by atoms with van der Waals surface area (Å²) in [4.78, 5) is 16.5. The van der Waals surface area contributed by atoms with Gasteiger partial charge in [-0.05, 0) is 42.8 Å². The SMILES string of the molecule is O=C(CCCOc1ccccc1)N1CCN(c2ccc(O)cc2)CC1. The van der Waals surface area contributed by atoms with Crippen molar-refractivity contribution >= 4 is 11.6 Å². The smallest absolute Gasteiger partial charge is 0.222 e. The molecule has 25 heavy (non-hydrogen) atoms. The average molecular weight is 340 g/mol. The first kappa shape index (κ1) is 17.1. The second-order valence-electron chi connectivity index (χ2n) is 6.15. The Morgan fingerprint density at radius 2 is 1.64 bits per heavy atom. The second kappa shape index (κ2) is 8.42. The Kier molecular flexibility index (Phi) is 5.77. The van der Waals surface area contributed by atoms with Crippen LogP contribution in [-0.2, 0) is 4.79 Å². The molecule has 132 valence electrons. The third-order valence-corrected chi connectivity index (χ3v) is 4.39. The fourth-order valence-corrected chi connectivity index (χ4v) is 2.97. The Bertz CT molecular complexity index is 665. The highest BCUT2D eigenvalue weighted by molar-refractivity contribution is 5.76. The van der Waals surface area contributed by atoms with Crippen molar-refractivity contribution in [2.45, 2.75) is 12.8 Å². The first-order valence-electron chi connectivity index (χ1n) is 8.72. The summed E-state index contributed by atoms with van der Waals surface area (Å²) in [6, 6.07) is 16.9. The summed E-state index contributed by atoms with van der Waals surface area (Å²) in [5.41, 5.74) is 1.08. The van der Waals surface area contributed by atoms with Crippen molar-refractivity contribution in [3.63, 3.8) is 0 Å². The van der Waals surface area contributed by atoms with Gasteiger partial charge in [-0.1, -0.05) is 18.2 Å². The highest BCUT2D eigenvalue weighted by atomic mass is 16.5. The molecule has 1 saturated heterocycles. The van der Waals surface area contributed by atoms with Gasteiger partial charge in [-0.2, -0.15) is 0 Å². The molecule has 5 heteroatoms. The van der Waals surface area contributed by atoms with Gasteiger partial charge in [0.05, 0.1) is 6.61 Å². The first-order valence-corrected chi connectivity index (χ1v) is 8.72. The molecular weight excluding hydrogens is 316 g/mol. The van der Waals surface area contributed by atoms with Gasteiger partial charge in [-0.15, -0.1) is 0 Å². The van der Waals surface area contributed by atoms with Gasteiger partial charge in [0, 0.05) is 38.3 Å². The van der Waals surface area contributed by atoms with E-state index < -0.39 is 0 Å². The van der Waals surface area contributed by atoms with Gasteiger partial charge in [0.25, 0.3) is 0 Å². The molecule has 1 heterocycles. The number of aromatic hydroxyl groups is 1. The number of anilines is 1. The number of hydrogen-bond donors (Lipinski definition) is 1. The summed E-state index contributed by atoms with van der Waals surface area (Å²) in [7, 11) is 0. The van der Waals surface area contributed by atoms with Crippen LogP contribution in [0.2, 0.25) is 0 Å². The van der Waals surface area contributed by atoms with Crippen LogP contribution in [0.25, 0.3) is 0 Å². The van der Waals surface area contributed by atoms with E-state index in [1.54, 1.807) is 12.1 Å². The van der Waals surface area contributed by atoms with Crippen molar-refractivity contribution in [3.8, 4) is 11.5 Å². The number of piperazine rings is 1. The number of para-hydroxylation sites is 1. The van der Waals surface area contributed by atoms with E-state index in [0.717, 1.165) is 44.0 Å². The lowest BCUT2D eigenvalue weighted by Crippen LogP contribution is -2.48. The number of carbonyl (C=O) groups excluding carboxylic acids is 1. The first-order chi connectivity index (χ1) is 12.2. The number of amides is 1. The van der Waals surface area contributed by atoms with Gasteiger partial charge in [-0.3, -0.25) is 4.79 Å². The van der Waals surface area contributed by atoms with Crippen LogP contribution in [0.3, 0.4) is 0 Å². The standard InChI is InChI=1S/C20H24N2O3/c23-18-10-8-17(9-11-18)21-12-14-22(15-13-21)20(24)7-4-16-25-19-5-2-1-3-6-19/h1-3,5-6,8-11,23H,4,7,12-16H2. The van der Waals surface area contributed by atoms with Gasteiger partial charge in [0.15, 0.2) is 0 Å². The largest absolute Gasteiger partial charge is 0.508 e. The summed E-state index contributed by atoms with van der Waals surface area (Å²) in [6.45, 7) is 3.66. The van der Waals surface area contributed by atoms with Crippen molar-refractivity contribution in [1.82, 2.24) is 4.90 Å². The van der Waals surface area contributed by atoms with Crippen molar-refractivity contribution < 1.29 is 14.6 Å². The number of phenols is 1. The zero-order valence-electron chi connectivity index (χ0n) is 14.3. The van der Waals surface area contributed by atoms with Crippen molar-refractivity contribution in [1.29, 1.82) is 0 Å². The maximum Gasteiger partial charge on any atom is 0.222 e. The number of hydrogen-bond acceptors (Lipinski definition) is 4. The summed E-state index contributed by atoms with van der Waals surface area (Å²) < 4.78 is 5.63. The fourth-order valence-electron chi connectivity index (χ4n) is 2.97. The lowest BCUT2D eigenvalue weighted by molar-refractivity contribution is -0.131. The number of ether oxygens (including phenoxy) is 1. The van der Waals surface area contributed by atoms with Crippen LogP contribution in [0.15, 0.2) is 54.6 Å². The van der Waals surface area contributed by atoms with Gasteiger partial charge in [0.2, 0.25) is 5.91 Å². The van der Waals surface area contributed by atoms with Crippen LogP contribution >= 0.6 is 0 Å². The zero-order valence-corrected chi connectivity index (χ0v) is 14.3. The maximum atomic E-state index is 12.3. The van der Waals surface area contributed by atoms with E-state index in [1.165, 1.54) is 0 Å². The van der Waals surface area contributed by atoms with E-state index in [1.807, 2.05) is 47.4 Å². The molecule has 0 aromatic heterocycles. The molecule has 0 bridgehead atoms. The molecule has 0 saturated carbocycles. The summed E-state index contributed by atoms with van der Waals surface area (Å²) in [6.07, 6.45) is 1.25. The Morgan fingerprint density at radius 3 is 2.32 bits per heavy atom. The number of nitrogens with zero attached hydrogens (tertiary/aromatic N) is 2. The predicted molar refractivity (Wildman–Crippen MR) is 98.1 cm³/mol. The Labute approximate surface area is 148 Å². The highest BCUT2D eigenvalue weighted by Crippen LogP contribution is 2.20. The quantitative estimate of drug-likeness (QED) is 0.822. The van der Waals surface area contributed by atoms with Crippen LogP contribution in [-0.4, -0.2) is 48.7 Å². The van der Waals surface area contributed by atoms with Gasteiger partial charge >= 0.3 is 0 Å². The molecule has 1 N–H and O–H groups in total. The van der Waals surface area contributed by atoms with Gasteiger partial charge in [-0.25, -0.2) is 0 Å². The maximum absolute atomic E-state index is 12.3. The van der Waals surface area contributed by atoms with Crippen LogP contribution < -0.4 is 9.64 Å². The van der Waals surface area contributed by atoms with Crippen LogP contribution in [0, 0.1) is 0 Å². The molecule has 0 aliphatic carbocycles. The second-order valence-corrected chi connectivity index (χ2v) is 6.15. The van der Waals surface area contributed by atoms with E-state index in [2.05, 4.69) is 4.90 Å². The molecule has 1 amide bonds. The van der Waals surface area contributed by atoms with E-state index in [4.69, 9.17) is 4.74 Å². The molecule has 0 atom stereocenters. The van der Waals surface area contributed by atoms with E-state index >= 15 is 0 Å². The Balaban J connectivity index is 1.37. The zero-order chi connectivity index (χ0) is 17.5. The lowest BCUT2D eigenvalue weighted by Gasteiger charge is -2.36. The molecular formula is C20H24N2O3. The predicted octanol–water partition coefficient (Wildman–Crippen LogP) is 2.90. The fraction of sp³-hybridized carbons (Fsp3) is 0.350. The van der Waals surface area contributed by atoms with E-state index in [9.17, 15) is 9.90 Å². The van der Waals surface area contributed by atoms with Crippen LogP contribution in [0.4, 0.5) is 5.69 Å². The molecule has 5 nitrogen and oxygen atoms in total. The summed E-state index contributed by atoms with van der Waals surface area (Å²) in [5.74, 6) is 1.31. The number of rotatable bonds is 6. The minimum absolute atomic E-state index is 0.196. The van der Waals surface area contributed by atoms with Crippen molar-refractivity contribution in [2.75, 3.05) is 37.7 Å². The third kappa shape index (κ3) is 4.89. The minimum atomic E-state index is 0.196. The number of phenolic OH excluding ortho intramolecular Hbond substituents is 1. The Hall–Kier alpha value is -2.69. The Morgan fingerprint density at radius 1 is 0.960 bits per heavy atom. The molecule has 1 fully saturated rings. The molecule has 0 spiro atoms. The van der Waals surface area contributed by atoms with Gasteiger partial charge in [0.1, 0.15) is 11.5 Å². The minimum Gasteiger partial charge on any atom is -0.508 e. The monoisotopic (exact) mass is 340 g/mol. The molecule has 0 unspecified atom stereocenters. The number of benzene rings is 2. The topological polar surface area (TPSA) is 53.0 Å². The van der Waals surface area contributed by atoms with Crippen LogP contribution in [0.5, 0.6) is 11.5 Å². The van der Waals surface area contributed by atoms with E-state index in [-0.39, 0.29) is 11.7 Å². The number of carbonyl (C=O) groups is 1.